The highest BCUT2D eigenvalue weighted by Crippen LogP contribution is 2.77. The molecule has 11 atom stereocenters. The van der Waals surface area contributed by atoms with E-state index in [1.165, 1.54) is 36.8 Å². The molecule has 5 saturated carbocycles. The lowest BCUT2D eigenvalue weighted by Crippen LogP contribution is -2.67. The van der Waals surface area contributed by atoms with Crippen LogP contribution in [0.15, 0.2) is 36.4 Å². The Morgan fingerprint density at radius 3 is 2.43 bits per heavy atom. The Labute approximate surface area is 308 Å². The molecule has 1 aliphatic heterocycles. The second-order valence-electron chi connectivity index (χ2n) is 20.3. The standard InChI is InChI=1S/C45H68N4O2/c1-29(2)30-18-23-45(40(51)49-26-12-15-34(49)39-46-32-13-10-11-14-33(32)48(39)28-27-47(8)9)25-24-43(6)31(38(30)45)16-17-36-42(5)21-20-37(50)41(3,4)35(42)19-22-44(36,43)7/h10-11,13-14,30-31,34-38,50H,1,12,15-28H2,2-9H3/t30-,31+,34-,35-,36+,37-,38+,42-,43+,44+,45-/m0/s1. The smallest absolute Gasteiger partial charge is 0.229 e. The largest absolute Gasteiger partial charge is 0.393 e. The number of likely N-dealkylation sites (N-methyl/N-ethyl adjacent to an activating group) is 1. The van der Waals surface area contributed by atoms with E-state index in [0.29, 0.717) is 35.5 Å². The maximum Gasteiger partial charge on any atom is 0.229 e. The van der Waals surface area contributed by atoms with E-state index in [0.717, 1.165) is 82.3 Å². The predicted molar refractivity (Wildman–Crippen MR) is 207 cm³/mol. The zero-order valence-corrected chi connectivity index (χ0v) is 33.3. The number of rotatable bonds is 6. The van der Waals surface area contributed by atoms with Crippen molar-refractivity contribution in [2.24, 2.45) is 56.7 Å². The highest BCUT2D eigenvalue weighted by atomic mass is 16.3. The number of aliphatic hydroxyl groups excluding tert-OH is 1. The number of hydrogen-bond donors (Lipinski definition) is 1. The number of allylic oxidation sites excluding steroid dienone is 1. The fraction of sp³-hybridized carbons (Fsp3) is 0.778. The Balaban J connectivity index is 1.15. The average Bonchev–Trinajstić information content (AvgIpc) is 3.81. The third-order valence-electron chi connectivity index (χ3n) is 17.7. The average molecular weight is 697 g/mol. The van der Waals surface area contributed by atoms with E-state index in [9.17, 15) is 5.11 Å². The van der Waals surface area contributed by atoms with Gasteiger partial charge in [0, 0.05) is 19.6 Å². The summed E-state index contributed by atoms with van der Waals surface area (Å²) in [6.07, 6.45) is 13.2. The molecule has 280 valence electrons. The summed E-state index contributed by atoms with van der Waals surface area (Å²) >= 11 is 0. The molecule has 2 heterocycles. The van der Waals surface area contributed by atoms with Crippen LogP contribution in [-0.2, 0) is 11.3 Å². The topological polar surface area (TPSA) is 61.6 Å². The van der Waals surface area contributed by atoms with Gasteiger partial charge >= 0.3 is 0 Å². The number of nitrogens with zero attached hydrogens (tertiary/aromatic N) is 4. The molecular formula is C45H68N4O2. The summed E-state index contributed by atoms with van der Waals surface area (Å²) in [4.78, 5) is 25.5. The van der Waals surface area contributed by atoms with E-state index >= 15 is 4.79 Å². The number of carbonyl (C=O) groups is 1. The lowest BCUT2D eigenvalue weighted by molar-refractivity contribution is -0.247. The molecule has 0 bridgehead atoms. The number of fused-ring (bicyclic) bond motifs is 8. The first-order chi connectivity index (χ1) is 24.1. The van der Waals surface area contributed by atoms with Crippen LogP contribution in [0.4, 0.5) is 0 Å². The number of benzene rings is 1. The zero-order valence-electron chi connectivity index (χ0n) is 33.3. The molecule has 6 fully saturated rings. The minimum absolute atomic E-state index is 0.0317. The van der Waals surface area contributed by atoms with Crippen LogP contribution in [0.1, 0.15) is 130 Å². The van der Waals surface area contributed by atoms with Gasteiger partial charge < -0.3 is 19.5 Å². The summed E-state index contributed by atoms with van der Waals surface area (Å²) in [7, 11) is 4.28. The fourth-order valence-electron chi connectivity index (χ4n) is 14.9. The number of likely N-dealkylation sites (tertiary alicyclic amines) is 1. The number of amides is 1. The first kappa shape index (κ1) is 35.8. The Morgan fingerprint density at radius 1 is 0.922 bits per heavy atom. The fourth-order valence-corrected chi connectivity index (χ4v) is 14.9. The molecule has 0 radical (unpaired) electrons. The van der Waals surface area contributed by atoms with Crippen LogP contribution in [0.5, 0.6) is 0 Å². The van der Waals surface area contributed by atoms with Crippen molar-refractivity contribution in [1.29, 1.82) is 0 Å². The molecule has 1 amide bonds. The van der Waals surface area contributed by atoms with E-state index in [-0.39, 0.29) is 39.2 Å². The third-order valence-corrected chi connectivity index (χ3v) is 17.7. The number of carbonyl (C=O) groups excluding carboxylic acids is 1. The third kappa shape index (κ3) is 4.92. The van der Waals surface area contributed by atoms with Crippen LogP contribution in [0.2, 0.25) is 0 Å². The van der Waals surface area contributed by atoms with Gasteiger partial charge in [-0.05, 0) is 161 Å². The highest BCUT2D eigenvalue weighted by Gasteiger charge is 2.72. The van der Waals surface area contributed by atoms with Crippen LogP contribution in [0.25, 0.3) is 11.0 Å². The minimum Gasteiger partial charge on any atom is -0.393 e. The molecule has 1 aromatic heterocycles. The van der Waals surface area contributed by atoms with Gasteiger partial charge in [0.2, 0.25) is 5.91 Å². The van der Waals surface area contributed by atoms with Gasteiger partial charge in [-0.1, -0.05) is 58.9 Å². The van der Waals surface area contributed by atoms with Crippen molar-refractivity contribution in [3.05, 3.63) is 42.2 Å². The van der Waals surface area contributed by atoms with E-state index in [1.807, 2.05) is 0 Å². The van der Waals surface area contributed by atoms with Gasteiger partial charge in [0.25, 0.3) is 0 Å². The lowest BCUT2D eigenvalue weighted by Gasteiger charge is -2.73. The first-order valence-electron chi connectivity index (χ1n) is 20.8. The number of aliphatic hydroxyl groups is 1. The first-order valence-corrected chi connectivity index (χ1v) is 20.8. The van der Waals surface area contributed by atoms with Crippen molar-refractivity contribution in [3.63, 3.8) is 0 Å². The number of para-hydroxylation sites is 2. The van der Waals surface area contributed by atoms with Crippen molar-refractivity contribution >= 4 is 16.9 Å². The second-order valence-corrected chi connectivity index (χ2v) is 20.3. The maximum atomic E-state index is 15.7. The summed E-state index contributed by atoms with van der Waals surface area (Å²) in [5.74, 6) is 4.09. The second kappa shape index (κ2) is 12.2. The van der Waals surface area contributed by atoms with Gasteiger partial charge in [-0.3, -0.25) is 4.79 Å². The maximum absolute atomic E-state index is 15.7. The molecule has 0 unspecified atom stereocenters. The summed E-state index contributed by atoms with van der Waals surface area (Å²) in [6, 6.07) is 8.59. The van der Waals surface area contributed by atoms with E-state index in [1.54, 1.807) is 0 Å². The van der Waals surface area contributed by atoms with E-state index < -0.39 is 0 Å². The molecule has 1 aromatic carbocycles. The normalized spacial score (nSPS) is 43.1. The molecule has 6 heteroatoms. The van der Waals surface area contributed by atoms with Gasteiger partial charge in [0.05, 0.1) is 28.6 Å². The molecule has 6 aliphatic rings. The van der Waals surface area contributed by atoms with Gasteiger partial charge in [-0.2, -0.15) is 0 Å². The van der Waals surface area contributed by atoms with Crippen molar-refractivity contribution in [2.45, 2.75) is 137 Å². The monoisotopic (exact) mass is 697 g/mol. The Bertz CT molecular complexity index is 1690. The summed E-state index contributed by atoms with van der Waals surface area (Å²) in [5.41, 5.74) is 3.89. The molecule has 0 spiro atoms. The predicted octanol–water partition coefficient (Wildman–Crippen LogP) is 9.28. The van der Waals surface area contributed by atoms with E-state index in [2.05, 4.69) is 101 Å². The highest BCUT2D eigenvalue weighted by molar-refractivity contribution is 5.85. The van der Waals surface area contributed by atoms with Crippen molar-refractivity contribution in [2.75, 3.05) is 27.2 Å². The van der Waals surface area contributed by atoms with Crippen LogP contribution < -0.4 is 0 Å². The van der Waals surface area contributed by atoms with Crippen molar-refractivity contribution in [3.8, 4) is 0 Å². The van der Waals surface area contributed by atoms with Crippen LogP contribution in [0, 0.1) is 56.7 Å². The Morgan fingerprint density at radius 2 is 1.69 bits per heavy atom. The zero-order chi connectivity index (χ0) is 36.3. The molecule has 5 aliphatic carbocycles. The molecule has 2 aromatic rings. The lowest BCUT2D eigenvalue weighted by atomic mass is 9.32. The summed E-state index contributed by atoms with van der Waals surface area (Å²) in [6.45, 7) is 22.3. The molecule has 1 saturated heterocycles. The molecule has 51 heavy (non-hydrogen) atoms. The minimum atomic E-state index is -0.307. The number of hydrogen-bond acceptors (Lipinski definition) is 4. The molecule has 6 nitrogen and oxygen atoms in total. The molecule has 8 rings (SSSR count). The molecular weight excluding hydrogens is 629 g/mol. The van der Waals surface area contributed by atoms with E-state index in [4.69, 9.17) is 4.98 Å². The van der Waals surface area contributed by atoms with Crippen molar-refractivity contribution in [1.82, 2.24) is 19.4 Å². The quantitative estimate of drug-likeness (QED) is 0.306. The van der Waals surface area contributed by atoms with Crippen molar-refractivity contribution < 1.29 is 9.90 Å². The van der Waals surface area contributed by atoms with Gasteiger partial charge in [-0.25, -0.2) is 4.98 Å². The van der Waals surface area contributed by atoms with Crippen LogP contribution in [0.3, 0.4) is 0 Å². The SMILES string of the molecule is C=C(C)[C@@H]1CC[C@]2(C(=O)N3CCC[C@H]3c3nc4ccccc4n3CCN(C)C)CC[C@]3(C)[C@H](CC[C@@H]4[C@@]5(C)CC[C@H](O)C(C)(C)[C@@H]5CC[C@]43C)[C@@H]12. The van der Waals surface area contributed by atoms with Gasteiger partial charge in [0.15, 0.2) is 0 Å². The number of aromatic nitrogens is 2. The Hall–Kier alpha value is -2.18. The van der Waals surface area contributed by atoms with Crippen LogP contribution in [-0.4, -0.2) is 63.7 Å². The summed E-state index contributed by atoms with van der Waals surface area (Å²) in [5, 5.41) is 11.2. The van der Waals surface area contributed by atoms with Gasteiger partial charge in [0.1, 0.15) is 5.82 Å². The number of imidazole rings is 1. The van der Waals surface area contributed by atoms with Gasteiger partial charge in [-0.15, -0.1) is 0 Å². The Kier molecular flexibility index (Phi) is 8.55. The molecule has 1 N–H and O–H groups in total. The van der Waals surface area contributed by atoms with Crippen LogP contribution >= 0.6 is 0 Å². The summed E-state index contributed by atoms with van der Waals surface area (Å²) < 4.78 is 2.43.